The van der Waals surface area contributed by atoms with Gasteiger partial charge in [0.05, 0.1) is 6.10 Å². The molecule has 0 N–H and O–H groups in total. The number of rotatable bonds is 2. The van der Waals surface area contributed by atoms with E-state index in [1.807, 2.05) is 6.07 Å². The molecule has 2 atom stereocenters. The Balaban J connectivity index is 1.93. The normalized spacial score (nSPS) is 27.0. The van der Waals surface area contributed by atoms with Crippen molar-refractivity contribution in [3.05, 3.63) is 42.0 Å². The first kappa shape index (κ1) is 10.4. The van der Waals surface area contributed by atoms with Crippen LogP contribution in [0.15, 0.2) is 36.4 Å². The van der Waals surface area contributed by atoms with Gasteiger partial charge in [-0.3, -0.25) is 0 Å². The van der Waals surface area contributed by atoms with E-state index in [2.05, 4.69) is 43.3 Å². The van der Waals surface area contributed by atoms with E-state index in [1.54, 1.807) is 0 Å². The van der Waals surface area contributed by atoms with Gasteiger partial charge in [-0.05, 0) is 24.3 Å². The lowest BCUT2D eigenvalue weighted by Gasteiger charge is -2.24. The molecule has 1 saturated heterocycles. The van der Waals surface area contributed by atoms with Gasteiger partial charge in [0.15, 0.2) is 0 Å². The minimum Gasteiger partial charge on any atom is -0.374 e. The zero-order valence-corrected chi connectivity index (χ0v) is 9.23. The number of ether oxygens (including phenoxy) is 1. The van der Waals surface area contributed by atoms with Crippen LogP contribution in [-0.4, -0.2) is 12.7 Å². The fourth-order valence-corrected chi connectivity index (χ4v) is 1.92. The zero-order valence-electron chi connectivity index (χ0n) is 9.23. The average Bonchev–Trinajstić information content (AvgIpc) is 2.28. The molecule has 1 aliphatic rings. The molecular weight excluding hydrogens is 184 g/mol. The Hall–Kier alpha value is -1.08. The van der Waals surface area contributed by atoms with Crippen LogP contribution >= 0.6 is 0 Å². The molecule has 0 spiro atoms. The smallest absolute Gasteiger partial charge is 0.0761 e. The summed E-state index contributed by atoms with van der Waals surface area (Å²) in [6.45, 7) is 3.21. The van der Waals surface area contributed by atoms with Gasteiger partial charge in [-0.1, -0.05) is 49.4 Å². The van der Waals surface area contributed by atoms with Gasteiger partial charge in [-0.15, -0.1) is 0 Å². The van der Waals surface area contributed by atoms with Crippen LogP contribution in [-0.2, 0) is 4.74 Å². The summed E-state index contributed by atoms with van der Waals surface area (Å²) in [7, 11) is 0. The molecule has 15 heavy (non-hydrogen) atoms. The second-order valence-corrected chi connectivity index (χ2v) is 4.31. The predicted octanol–water partition coefficient (Wildman–Crippen LogP) is 3.51. The molecule has 1 heteroatoms. The number of hydrogen-bond donors (Lipinski definition) is 0. The monoisotopic (exact) mass is 202 g/mol. The fourth-order valence-electron chi connectivity index (χ4n) is 1.92. The van der Waals surface area contributed by atoms with Crippen molar-refractivity contribution in [3.63, 3.8) is 0 Å². The highest BCUT2D eigenvalue weighted by atomic mass is 16.5. The van der Waals surface area contributed by atoms with E-state index in [9.17, 15) is 0 Å². The molecule has 1 fully saturated rings. The highest BCUT2D eigenvalue weighted by Gasteiger charge is 2.16. The molecule has 1 nitrogen and oxygen atoms in total. The molecule has 0 radical (unpaired) electrons. The van der Waals surface area contributed by atoms with Gasteiger partial charge in [-0.2, -0.15) is 0 Å². The van der Waals surface area contributed by atoms with E-state index in [0.29, 0.717) is 6.10 Å². The summed E-state index contributed by atoms with van der Waals surface area (Å²) in [5.41, 5.74) is 1.25. The van der Waals surface area contributed by atoms with Crippen molar-refractivity contribution in [2.75, 3.05) is 6.61 Å². The molecular formula is C14H18O. The number of hydrogen-bond acceptors (Lipinski definition) is 1. The van der Waals surface area contributed by atoms with Crippen molar-refractivity contribution in [3.8, 4) is 0 Å². The molecule has 2 unspecified atom stereocenters. The Morgan fingerprint density at radius 2 is 2.07 bits per heavy atom. The van der Waals surface area contributed by atoms with E-state index >= 15 is 0 Å². The summed E-state index contributed by atoms with van der Waals surface area (Å²) >= 11 is 0. The Kier molecular flexibility index (Phi) is 3.57. The largest absolute Gasteiger partial charge is 0.374 e. The van der Waals surface area contributed by atoms with Crippen LogP contribution in [0.4, 0.5) is 0 Å². The fraction of sp³-hybridized carbons (Fsp3) is 0.429. The van der Waals surface area contributed by atoms with E-state index in [1.165, 1.54) is 12.0 Å². The summed E-state index contributed by atoms with van der Waals surface area (Å²) in [5, 5.41) is 0. The summed E-state index contributed by atoms with van der Waals surface area (Å²) in [4.78, 5) is 0. The van der Waals surface area contributed by atoms with Crippen molar-refractivity contribution in [1.82, 2.24) is 0 Å². The first-order valence-corrected chi connectivity index (χ1v) is 5.69. The Labute approximate surface area is 91.8 Å². The number of benzene rings is 1. The molecule has 1 aliphatic heterocycles. The Morgan fingerprint density at radius 1 is 1.27 bits per heavy atom. The maximum atomic E-state index is 5.68. The third-order valence-corrected chi connectivity index (χ3v) is 2.88. The van der Waals surface area contributed by atoms with Crippen molar-refractivity contribution < 1.29 is 4.74 Å². The van der Waals surface area contributed by atoms with E-state index in [4.69, 9.17) is 4.74 Å². The Bertz CT molecular complexity index is 315. The molecule has 0 bridgehead atoms. The van der Waals surface area contributed by atoms with Crippen LogP contribution in [0.25, 0.3) is 6.08 Å². The molecule has 80 valence electrons. The molecule has 0 aliphatic carbocycles. The highest BCUT2D eigenvalue weighted by Crippen LogP contribution is 2.20. The second kappa shape index (κ2) is 5.13. The lowest BCUT2D eigenvalue weighted by Crippen LogP contribution is -2.22. The molecule has 0 saturated carbocycles. The van der Waals surface area contributed by atoms with Crippen LogP contribution < -0.4 is 0 Å². The molecule has 1 aromatic carbocycles. The lowest BCUT2D eigenvalue weighted by molar-refractivity contribution is 0.0244. The summed E-state index contributed by atoms with van der Waals surface area (Å²) in [6.07, 6.45) is 7.01. The topological polar surface area (TPSA) is 9.23 Å². The maximum Gasteiger partial charge on any atom is 0.0761 e. The molecule has 0 aromatic heterocycles. The van der Waals surface area contributed by atoms with Gasteiger partial charge in [0, 0.05) is 6.61 Å². The highest BCUT2D eigenvalue weighted by molar-refractivity contribution is 5.49. The standard InChI is InChI=1S/C14H18O/c1-12-9-10-15-14(11-12)8-7-13-5-3-2-4-6-13/h2-8,12,14H,9-11H2,1H3/b8-7+. The first-order chi connectivity index (χ1) is 7.34. The van der Waals surface area contributed by atoms with E-state index < -0.39 is 0 Å². The Morgan fingerprint density at radius 3 is 2.80 bits per heavy atom. The predicted molar refractivity (Wildman–Crippen MR) is 63.6 cm³/mol. The van der Waals surface area contributed by atoms with Crippen LogP contribution in [0.1, 0.15) is 25.3 Å². The van der Waals surface area contributed by atoms with Crippen molar-refractivity contribution >= 4 is 6.08 Å². The summed E-state index contributed by atoms with van der Waals surface area (Å²) in [5.74, 6) is 0.796. The molecule has 1 aromatic rings. The summed E-state index contributed by atoms with van der Waals surface area (Å²) < 4.78 is 5.68. The van der Waals surface area contributed by atoms with Gasteiger partial charge in [0.1, 0.15) is 0 Å². The SMILES string of the molecule is CC1CCOC(/C=C/c2ccccc2)C1. The maximum absolute atomic E-state index is 5.68. The van der Waals surface area contributed by atoms with Gasteiger partial charge in [0.2, 0.25) is 0 Å². The first-order valence-electron chi connectivity index (χ1n) is 5.69. The van der Waals surface area contributed by atoms with Gasteiger partial charge < -0.3 is 4.74 Å². The quantitative estimate of drug-likeness (QED) is 0.713. The van der Waals surface area contributed by atoms with Gasteiger partial charge in [-0.25, -0.2) is 0 Å². The minimum atomic E-state index is 0.314. The van der Waals surface area contributed by atoms with Gasteiger partial charge in [0.25, 0.3) is 0 Å². The van der Waals surface area contributed by atoms with Gasteiger partial charge >= 0.3 is 0 Å². The average molecular weight is 202 g/mol. The van der Waals surface area contributed by atoms with Crippen molar-refractivity contribution in [2.45, 2.75) is 25.9 Å². The minimum absolute atomic E-state index is 0.314. The summed E-state index contributed by atoms with van der Waals surface area (Å²) in [6, 6.07) is 10.4. The third kappa shape index (κ3) is 3.21. The van der Waals surface area contributed by atoms with Crippen LogP contribution in [0, 0.1) is 5.92 Å². The lowest BCUT2D eigenvalue weighted by atomic mass is 9.97. The molecule has 1 heterocycles. The van der Waals surface area contributed by atoms with E-state index in [-0.39, 0.29) is 0 Å². The van der Waals surface area contributed by atoms with Crippen LogP contribution in [0.2, 0.25) is 0 Å². The molecule has 2 rings (SSSR count). The van der Waals surface area contributed by atoms with E-state index in [0.717, 1.165) is 18.9 Å². The molecule has 0 amide bonds. The van der Waals surface area contributed by atoms with Crippen molar-refractivity contribution in [1.29, 1.82) is 0 Å². The van der Waals surface area contributed by atoms with Crippen LogP contribution in [0.5, 0.6) is 0 Å². The second-order valence-electron chi connectivity index (χ2n) is 4.31. The zero-order chi connectivity index (χ0) is 10.5. The van der Waals surface area contributed by atoms with Crippen LogP contribution in [0.3, 0.4) is 0 Å². The third-order valence-electron chi connectivity index (χ3n) is 2.88. The van der Waals surface area contributed by atoms with Crippen molar-refractivity contribution in [2.24, 2.45) is 5.92 Å².